The molecule has 0 unspecified atom stereocenters. The van der Waals surface area contributed by atoms with Crippen molar-refractivity contribution in [2.24, 2.45) is 5.92 Å². The molecule has 1 atom stereocenters. The highest BCUT2D eigenvalue weighted by molar-refractivity contribution is 6.71. The minimum Gasteiger partial charge on any atom is -0.519 e. The van der Waals surface area contributed by atoms with Crippen molar-refractivity contribution in [3.05, 3.63) is 0 Å². The second-order valence-corrected chi connectivity index (χ2v) is 10.2. The zero-order valence-corrected chi connectivity index (χ0v) is 12.8. The Bertz CT molecular complexity index is 271. The lowest BCUT2D eigenvalue weighted by Gasteiger charge is -2.24. The molecule has 0 fully saturated rings. The fraction of sp³-hybridized carbons (Fsp3) is 0.833. The van der Waals surface area contributed by atoms with Crippen LogP contribution in [0.5, 0.6) is 0 Å². The van der Waals surface area contributed by atoms with Crippen LogP contribution in [0.3, 0.4) is 0 Å². The summed E-state index contributed by atoms with van der Waals surface area (Å²) in [5, 5.41) is 2.97. The van der Waals surface area contributed by atoms with Crippen LogP contribution in [-0.4, -0.2) is 32.7 Å². The summed E-state index contributed by atoms with van der Waals surface area (Å²) in [5.74, 6) is 0.187. The van der Waals surface area contributed by atoms with Crippen LogP contribution < -0.4 is 5.32 Å². The summed E-state index contributed by atoms with van der Waals surface area (Å²) in [6.07, 6.45) is 0.691. The van der Waals surface area contributed by atoms with Gasteiger partial charge < -0.3 is 4.43 Å². The van der Waals surface area contributed by atoms with Crippen LogP contribution in [0.4, 0.5) is 0 Å². The Balaban J connectivity index is 4.45. The second-order valence-electron chi connectivity index (χ2n) is 5.80. The molecule has 0 radical (unpaired) electrons. The number of carbonyl (C=O) groups excluding carboxylic acids is 2. The summed E-state index contributed by atoms with van der Waals surface area (Å²) in [4.78, 5) is 22.9. The summed E-state index contributed by atoms with van der Waals surface area (Å²) in [6.45, 7) is 11.7. The Kier molecular flexibility index (Phi) is 6.63. The number of carbonyl (C=O) groups is 2. The molecule has 0 rings (SSSR count). The predicted molar refractivity (Wildman–Crippen MR) is 71.4 cm³/mol. The highest BCUT2D eigenvalue weighted by Gasteiger charge is 2.27. The first kappa shape index (κ1) is 16.3. The Morgan fingerprint density at radius 1 is 1.24 bits per heavy atom. The van der Waals surface area contributed by atoms with Crippen molar-refractivity contribution in [2.45, 2.75) is 52.9 Å². The topological polar surface area (TPSA) is 55.4 Å². The minimum absolute atomic E-state index is 0.0274. The van der Waals surface area contributed by atoms with E-state index < -0.39 is 8.32 Å². The Hall–Kier alpha value is -0.683. The molecule has 0 aromatic heterocycles. The molecular formula is C12H25NO3Si. The van der Waals surface area contributed by atoms with Gasteiger partial charge in [0.05, 0.1) is 6.54 Å². The number of Topliss-reactive ketones (excluding diaryl/α,β-unsaturated/α-hetero) is 1. The van der Waals surface area contributed by atoms with E-state index >= 15 is 0 Å². The van der Waals surface area contributed by atoms with Crippen LogP contribution in [0.1, 0.15) is 27.2 Å². The number of rotatable bonds is 7. The van der Waals surface area contributed by atoms with E-state index in [9.17, 15) is 9.59 Å². The average Bonchev–Trinajstić information content (AvgIpc) is 2.08. The van der Waals surface area contributed by atoms with Gasteiger partial charge in [-0.05, 0) is 38.9 Å². The molecule has 5 heteroatoms. The third kappa shape index (κ3) is 9.06. The molecule has 0 aliphatic rings. The van der Waals surface area contributed by atoms with Gasteiger partial charge >= 0.3 is 5.97 Å². The van der Waals surface area contributed by atoms with Crippen LogP contribution in [-0.2, 0) is 14.0 Å². The first-order chi connectivity index (χ1) is 7.61. The van der Waals surface area contributed by atoms with Crippen molar-refractivity contribution in [3.8, 4) is 0 Å². The third-order valence-corrected chi connectivity index (χ3v) is 2.81. The number of hydrogen-bond donors (Lipinski definition) is 1. The zero-order valence-electron chi connectivity index (χ0n) is 11.8. The Morgan fingerprint density at radius 2 is 1.76 bits per heavy atom. The molecule has 1 N–H and O–H groups in total. The van der Waals surface area contributed by atoms with E-state index in [2.05, 4.69) is 5.32 Å². The highest BCUT2D eigenvalue weighted by atomic mass is 28.4. The molecule has 0 spiro atoms. The van der Waals surface area contributed by atoms with E-state index in [4.69, 9.17) is 4.43 Å². The van der Waals surface area contributed by atoms with Gasteiger partial charge in [-0.25, -0.2) is 0 Å². The van der Waals surface area contributed by atoms with Gasteiger partial charge in [-0.2, -0.15) is 0 Å². The number of nitrogens with one attached hydrogen (secondary N) is 1. The molecule has 0 aliphatic heterocycles. The zero-order chi connectivity index (χ0) is 13.6. The molecule has 0 aromatic rings. The van der Waals surface area contributed by atoms with Gasteiger partial charge in [-0.15, -0.1) is 0 Å². The summed E-state index contributed by atoms with van der Waals surface area (Å²) < 4.78 is 5.46. The lowest BCUT2D eigenvalue weighted by Crippen LogP contribution is -2.45. The molecule has 17 heavy (non-hydrogen) atoms. The number of hydrogen-bond acceptors (Lipinski definition) is 4. The van der Waals surface area contributed by atoms with Crippen LogP contribution in [0, 0.1) is 5.92 Å². The largest absolute Gasteiger partial charge is 0.519 e. The van der Waals surface area contributed by atoms with Gasteiger partial charge in [-0.3, -0.25) is 14.9 Å². The molecule has 0 aliphatic carbocycles. The van der Waals surface area contributed by atoms with Crippen LogP contribution >= 0.6 is 0 Å². The molecule has 0 heterocycles. The predicted octanol–water partition coefficient (Wildman–Crippen LogP) is 1.96. The quantitative estimate of drug-likeness (QED) is 0.710. The van der Waals surface area contributed by atoms with Crippen molar-refractivity contribution in [1.82, 2.24) is 5.32 Å². The maximum atomic E-state index is 11.9. The van der Waals surface area contributed by atoms with Crippen molar-refractivity contribution >= 4 is 20.1 Å². The van der Waals surface area contributed by atoms with E-state index in [0.717, 1.165) is 0 Å². The smallest absolute Gasteiger partial charge is 0.309 e. The summed E-state index contributed by atoms with van der Waals surface area (Å²) in [7, 11) is -1.86. The van der Waals surface area contributed by atoms with Gasteiger partial charge in [-0.1, -0.05) is 13.8 Å². The highest BCUT2D eigenvalue weighted by Crippen LogP contribution is 2.10. The SMILES string of the molecule is CC(=O)CN[C@@H](CC(C)C)C(=O)O[Si](C)(C)C. The molecule has 0 saturated carbocycles. The average molecular weight is 259 g/mol. The van der Waals surface area contributed by atoms with E-state index in [1.54, 1.807) is 0 Å². The molecular weight excluding hydrogens is 234 g/mol. The van der Waals surface area contributed by atoms with Crippen LogP contribution in [0.15, 0.2) is 0 Å². The fourth-order valence-corrected chi connectivity index (χ4v) is 2.12. The van der Waals surface area contributed by atoms with Crippen LogP contribution in [0.2, 0.25) is 19.6 Å². The first-order valence-corrected chi connectivity index (χ1v) is 9.48. The summed E-state index contributed by atoms with van der Waals surface area (Å²) in [5.41, 5.74) is 0. The molecule has 0 bridgehead atoms. The molecule has 0 aromatic carbocycles. The van der Waals surface area contributed by atoms with E-state index in [-0.39, 0.29) is 24.3 Å². The summed E-state index contributed by atoms with van der Waals surface area (Å²) >= 11 is 0. The fourth-order valence-electron chi connectivity index (χ4n) is 1.37. The Morgan fingerprint density at radius 3 is 2.12 bits per heavy atom. The normalized spacial score (nSPS) is 13.6. The van der Waals surface area contributed by atoms with Gasteiger partial charge in [0.25, 0.3) is 0 Å². The van der Waals surface area contributed by atoms with Gasteiger partial charge in [0.2, 0.25) is 8.32 Å². The van der Waals surface area contributed by atoms with Crippen molar-refractivity contribution in [2.75, 3.05) is 6.54 Å². The van der Waals surface area contributed by atoms with Crippen molar-refractivity contribution in [3.63, 3.8) is 0 Å². The first-order valence-electron chi connectivity index (χ1n) is 6.07. The molecule has 4 nitrogen and oxygen atoms in total. The second kappa shape index (κ2) is 6.91. The monoisotopic (exact) mass is 259 g/mol. The Labute approximate surface area is 105 Å². The van der Waals surface area contributed by atoms with Gasteiger partial charge in [0, 0.05) is 0 Å². The standard InChI is InChI=1S/C12H25NO3Si/c1-9(2)7-11(13-8-10(3)14)12(15)16-17(4,5)6/h9,11,13H,7-8H2,1-6H3/t11-/m0/s1. The van der Waals surface area contributed by atoms with Crippen molar-refractivity contribution < 1.29 is 14.0 Å². The van der Waals surface area contributed by atoms with Gasteiger partial charge in [0.15, 0.2) is 0 Å². The lowest BCUT2D eigenvalue weighted by atomic mass is 10.0. The molecule has 0 saturated heterocycles. The number of ketones is 1. The van der Waals surface area contributed by atoms with E-state index in [1.165, 1.54) is 6.92 Å². The summed E-state index contributed by atoms with van der Waals surface area (Å²) in [6, 6.07) is -0.370. The maximum Gasteiger partial charge on any atom is 0.309 e. The molecule has 0 amide bonds. The third-order valence-electron chi connectivity index (χ3n) is 2.00. The van der Waals surface area contributed by atoms with Crippen LogP contribution in [0.25, 0.3) is 0 Å². The maximum absolute atomic E-state index is 11.9. The van der Waals surface area contributed by atoms with E-state index in [0.29, 0.717) is 12.3 Å². The van der Waals surface area contributed by atoms with Gasteiger partial charge in [0.1, 0.15) is 11.8 Å². The lowest BCUT2D eigenvalue weighted by molar-refractivity contribution is -0.138. The van der Waals surface area contributed by atoms with E-state index in [1.807, 2.05) is 33.5 Å². The minimum atomic E-state index is -1.86. The molecule has 100 valence electrons. The van der Waals surface area contributed by atoms with Crippen molar-refractivity contribution in [1.29, 1.82) is 0 Å².